The summed E-state index contributed by atoms with van der Waals surface area (Å²) in [5.74, 6) is 0.224. The molecule has 0 saturated carbocycles. The van der Waals surface area contributed by atoms with E-state index >= 15 is 0 Å². The summed E-state index contributed by atoms with van der Waals surface area (Å²) >= 11 is 0. The second kappa shape index (κ2) is 5.20. The van der Waals surface area contributed by atoms with Crippen LogP contribution in [0.5, 0.6) is 0 Å². The fourth-order valence-electron chi connectivity index (χ4n) is 0.240. The van der Waals surface area contributed by atoms with Crippen LogP contribution in [0.1, 0.15) is 13.8 Å². The minimum absolute atomic E-state index is 0. The molecule has 0 aromatic rings. The van der Waals surface area contributed by atoms with E-state index in [-0.39, 0.29) is 31.4 Å². The van der Waals surface area contributed by atoms with Crippen molar-refractivity contribution in [1.82, 2.24) is 0 Å². The molecule has 0 unspecified atom stereocenters. The molecule has 0 N–H and O–H groups in total. The van der Waals surface area contributed by atoms with Crippen LogP contribution in [0.2, 0.25) is 0 Å². The first-order valence-electron chi connectivity index (χ1n) is 2.64. The molecular weight excluding hydrogens is 147 g/mol. The maximum Gasteiger partial charge on any atom is 1.00 e. The Morgan fingerprint density at radius 1 is 1.50 bits per heavy atom. The SMILES string of the molecule is [CH2-]S(=O)(=O)OCC(C)C.[Li+]. The third-order valence-corrected chi connectivity index (χ3v) is 1.08. The van der Waals surface area contributed by atoms with Crippen molar-refractivity contribution in [3.8, 4) is 0 Å². The van der Waals surface area contributed by atoms with Crippen molar-refractivity contribution in [1.29, 1.82) is 0 Å². The van der Waals surface area contributed by atoms with E-state index in [1.807, 2.05) is 13.8 Å². The summed E-state index contributed by atoms with van der Waals surface area (Å²) in [5.41, 5.74) is 0. The van der Waals surface area contributed by atoms with Gasteiger partial charge in [0.15, 0.2) is 0 Å². The van der Waals surface area contributed by atoms with Gasteiger partial charge in [-0.3, -0.25) is 4.18 Å². The molecule has 0 spiro atoms. The Morgan fingerprint density at radius 3 is 2.00 bits per heavy atom. The summed E-state index contributed by atoms with van der Waals surface area (Å²) in [6.07, 6.45) is 2.79. The van der Waals surface area contributed by atoms with Gasteiger partial charge in [0.05, 0.1) is 6.61 Å². The molecule has 5 heteroatoms. The third kappa shape index (κ3) is 11.3. The molecule has 10 heavy (non-hydrogen) atoms. The number of rotatable bonds is 3. The van der Waals surface area contributed by atoms with Crippen molar-refractivity contribution in [3.63, 3.8) is 0 Å². The molecule has 3 nitrogen and oxygen atoms in total. The first kappa shape index (κ1) is 13.1. The Balaban J connectivity index is 0. The third-order valence-electron chi connectivity index (χ3n) is 0.581. The fourth-order valence-corrected chi connectivity index (χ4v) is 0.719. The zero-order valence-electron chi connectivity index (χ0n) is 6.62. The smallest absolute Gasteiger partial charge is 0.294 e. The van der Waals surface area contributed by atoms with Crippen LogP contribution in [-0.2, 0) is 14.3 Å². The van der Waals surface area contributed by atoms with Crippen molar-refractivity contribution < 1.29 is 31.5 Å². The summed E-state index contributed by atoms with van der Waals surface area (Å²) in [4.78, 5) is 0. The standard InChI is InChI=1S/C5H11O3S.Li/c1-5(2)4-8-9(3,6)7;/h5H,3-4H2,1-2H3;/q-1;+1. The number of hydrogen-bond donors (Lipinski definition) is 0. The van der Waals surface area contributed by atoms with Gasteiger partial charge < -0.3 is 0 Å². The average Bonchev–Trinajstić information content (AvgIpc) is 1.59. The Kier molecular flexibility index (Phi) is 6.82. The molecule has 0 aliphatic carbocycles. The summed E-state index contributed by atoms with van der Waals surface area (Å²) < 4.78 is 24.8. The molecule has 0 aromatic heterocycles. The van der Waals surface area contributed by atoms with E-state index in [1.54, 1.807) is 0 Å². The van der Waals surface area contributed by atoms with E-state index in [0.717, 1.165) is 0 Å². The first-order valence-corrected chi connectivity index (χ1v) is 4.22. The molecule has 0 atom stereocenters. The molecule has 0 radical (unpaired) electrons. The van der Waals surface area contributed by atoms with Crippen LogP contribution in [0.4, 0.5) is 0 Å². The van der Waals surface area contributed by atoms with Crippen LogP contribution in [0.3, 0.4) is 0 Å². The van der Waals surface area contributed by atoms with Gasteiger partial charge in [-0.1, -0.05) is 13.8 Å². The predicted molar refractivity (Wildman–Crippen MR) is 35.1 cm³/mol. The molecule has 0 bridgehead atoms. The summed E-state index contributed by atoms with van der Waals surface area (Å²) in [5, 5.41) is 0. The molecule has 56 valence electrons. The summed E-state index contributed by atoms with van der Waals surface area (Å²) in [7, 11) is -3.47. The topological polar surface area (TPSA) is 43.4 Å². The minimum Gasteiger partial charge on any atom is -0.294 e. The molecule has 0 aromatic carbocycles. The van der Waals surface area contributed by atoms with Gasteiger partial charge in [-0.25, -0.2) is 8.42 Å². The van der Waals surface area contributed by atoms with E-state index in [1.165, 1.54) is 0 Å². The van der Waals surface area contributed by atoms with Crippen molar-refractivity contribution in [3.05, 3.63) is 6.26 Å². The van der Waals surface area contributed by atoms with Crippen LogP contribution in [0.15, 0.2) is 0 Å². The van der Waals surface area contributed by atoms with Crippen LogP contribution in [-0.4, -0.2) is 15.0 Å². The maximum absolute atomic E-state index is 10.2. The molecule has 0 rings (SSSR count). The van der Waals surface area contributed by atoms with Gasteiger partial charge in [0.2, 0.25) is 0 Å². The largest absolute Gasteiger partial charge is 1.00 e. The van der Waals surface area contributed by atoms with Gasteiger partial charge in [-0.2, -0.15) is 6.26 Å². The molecule has 0 saturated heterocycles. The van der Waals surface area contributed by atoms with E-state index in [2.05, 4.69) is 10.4 Å². The zero-order valence-corrected chi connectivity index (χ0v) is 7.44. The van der Waals surface area contributed by atoms with E-state index in [9.17, 15) is 8.42 Å². The Labute approximate surface area is 74.4 Å². The van der Waals surface area contributed by atoms with Gasteiger partial charge in [0, 0.05) is 0 Å². The van der Waals surface area contributed by atoms with Crippen molar-refractivity contribution in [2.24, 2.45) is 5.92 Å². The minimum atomic E-state index is -3.47. The van der Waals surface area contributed by atoms with Gasteiger partial charge in [0.1, 0.15) is 10.1 Å². The Bertz CT molecular complexity index is 162. The zero-order chi connectivity index (χ0) is 7.49. The Hall–Kier alpha value is 0.507. The molecule has 0 amide bonds. The van der Waals surface area contributed by atoms with E-state index < -0.39 is 10.1 Å². The second-order valence-corrected chi connectivity index (χ2v) is 3.59. The monoisotopic (exact) mass is 158 g/mol. The van der Waals surface area contributed by atoms with E-state index in [0.29, 0.717) is 0 Å². The van der Waals surface area contributed by atoms with Crippen LogP contribution in [0.25, 0.3) is 0 Å². The van der Waals surface area contributed by atoms with Gasteiger partial charge in [-0.15, -0.1) is 0 Å². The molecule has 0 fully saturated rings. The maximum atomic E-state index is 10.2. The Morgan fingerprint density at radius 2 is 1.90 bits per heavy atom. The molecule has 0 aliphatic heterocycles. The van der Waals surface area contributed by atoms with Crippen LogP contribution < -0.4 is 18.9 Å². The van der Waals surface area contributed by atoms with E-state index in [4.69, 9.17) is 0 Å². The van der Waals surface area contributed by atoms with Crippen molar-refractivity contribution in [2.45, 2.75) is 13.8 Å². The fraction of sp³-hybridized carbons (Fsp3) is 0.800. The first-order chi connectivity index (χ1) is 3.92. The van der Waals surface area contributed by atoms with Crippen molar-refractivity contribution >= 4 is 10.1 Å². The quantitative estimate of drug-likeness (QED) is 0.265. The van der Waals surface area contributed by atoms with Gasteiger partial charge in [-0.05, 0) is 5.92 Å². The summed E-state index contributed by atoms with van der Waals surface area (Å²) in [6.45, 7) is 3.95. The predicted octanol–water partition coefficient (Wildman–Crippen LogP) is -2.22. The summed E-state index contributed by atoms with van der Waals surface area (Å²) in [6, 6.07) is 0. The van der Waals surface area contributed by atoms with Crippen LogP contribution >= 0.6 is 0 Å². The van der Waals surface area contributed by atoms with Crippen LogP contribution in [0, 0.1) is 12.2 Å². The molecular formula is C5H11LiO3S. The second-order valence-electron chi connectivity index (χ2n) is 2.24. The molecule has 0 heterocycles. The van der Waals surface area contributed by atoms with Gasteiger partial charge >= 0.3 is 18.9 Å². The van der Waals surface area contributed by atoms with Crippen molar-refractivity contribution in [2.75, 3.05) is 6.61 Å². The van der Waals surface area contributed by atoms with Gasteiger partial charge in [0.25, 0.3) is 0 Å². The molecule has 0 aliphatic rings. The normalized spacial score (nSPS) is 11.2. The average molecular weight is 158 g/mol. The number of hydrogen-bond acceptors (Lipinski definition) is 3.